The van der Waals surface area contributed by atoms with Crippen LogP contribution in [0.1, 0.15) is 24.5 Å². The fourth-order valence-corrected chi connectivity index (χ4v) is 1.99. The number of aryl methyl sites for hydroxylation is 1. The molecular weight excluding hydrogens is 256 g/mol. The molecule has 2 N–H and O–H groups in total. The Kier molecular flexibility index (Phi) is 6.56. The molecule has 20 heavy (non-hydrogen) atoms. The van der Waals surface area contributed by atoms with Gasteiger partial charge in [-0.05, 0) is 30.9 Å². The Bertz CT molecular complexity index is 460. The summed E-state index contributed by atoms with van der Waals surface area (Å²) >= 11 is 0. The van der Waals surface area contributed by atoms with E-state index in [0.717, 1.165) is 12.8 Å². The van der Waals surface area contributed by atoms with Gasteiger partial charge in [0.2, 0.25) is 0 Å². The predicted molar refractivity (Wildman–Crippen MR) is 77.8 cm³/mol. The SMILES string of the molecule is CCCN(CC(=O)O)C(=O)NCCc1ccccc1C. The molecule has 0 bridgehead atoms. The van der Waals surface area contributed by atoms with E-state index in [1.54, 1.807) is 0 Å². The number of rotatable bonds is 7. The Balaban J connectivity index is 2.45. The smallest absolute Gasteiger partial charge is 0.323 e. The molecule has 1 aromatic carbocycles. The molecule has 0 unspecified atom stereocenters. The Labute approximate surface area is 119 Å². The van der Waals surface area contributed by atoms with E-state index in [0.29, 0.717) is 13.1 Å². The lowest BCUT2D eigenvalue weighted by Gasteiger charge is -2.20. The average Bonchev–Trinajstić information content (AvgIpc) is 2.40. The van der Waals surface area contributed by atoms with Crippen molar-refractivity contribution in [2.24, 2.45) is 0 Å². The van der Waals surface area contributed by atoms with Crippen LogP contribution in [0.5, 0.6) is 0 Å². The van der Waals surface area contributed by atoms with Crippen LogP contribution < -0.4 is 5.32 Å². The third-order valence-corrected chi connectivity index (χ3v) is 3.04. The topological polar surface area (TPSA) is 69.6 Å². The van der Waals surface area contributed by atoms with Gasteiger partial charge in [0.25, 0.3) is 0 Å². The predicted octanol–water partition coefficient (Wildman–Crippen LogP) is 2.04. The van der Waals surface area contributed by atoms with Crippen molar-refractivity contribution >= 4 is 12.0 Å². The minimum Gasteiger partial charge on any atom is -0.480 e. The van der Waals surface area contributed by atoms with Crippen molar-refractivity contribution in [1.82, 2.24) is 10.2 Å². The molecule has 0 aromatic heterocycles. The van der Waals surface area contributed by atoms with Crippen molar-refractivity contribution in [3.05, 3.63) is 35.4 Å². The minimum atomic E-state index is -0.993. The van der Waals surface area contributed by atoms with Crippen LogP contribution in [-0.4, -0.2) is 41.6 Å². The summed E-state index contributed by atoms with van der Waals surface area (Å²) in [6.45, 7) is 4.64. The summed E-state index contributed by atoms with van der Waals surface area (Å²) < 4.78 is 0. The van der Waals surface area contributed by atoms with Crippen molar-refractivity contribution in [2.45, 2.75) is 26.7 Å². The molecule has 0 spiro atoms. The number of carbonyl (C=O) groups excluding carboxylic acids is 1. The largest absolute Gasteiger partial charge is 0.480 e. The number of carboxylic acid groups (broad SMARTS) is 1. The number of carboxylic acids is 1. The van der Waals surface area contributed by atoms with E-state index in [9.17, 15) is 9.59 Å². The highest BCUT2D eigenvalue weighted by Gasteiger charge is 2.15. The minimum absolute atomic E-state index is 0.260. The van der Waals surface area contributed by atoms with Crippen LogP contribution in [0.3, 0.4) is 0 Å². The summed E-state index contributed by atoms with van der Waals surface area (Å²) in [5.41, 5.74) is 2.38. The Hall–Kier alpha value is -2.04. The summed E-state index contributed by atoms with van der Waals surface area (Å²) in [4.78, 5) is 23.9. The third-order valence-electron chi connectivity index (χ3n) is 3.04. The van der Waals surface area contributed by atoms with Crippen molar-refractivity contribution in [3.63, 3.8) is 0 Å². The standard InChI is InChI=1S/C15H22N2O3/c1-3-10-17(11-14(18)19)15(20)16-9-8-13-7-5-4-6-12(13)2/h4-7H,3,8-11H2,1-2H3,(H,16,20)(H,18,19). The summed E-state index contributed by atoms with van der Waals surface area (Å²) in [6.07, 6.45) is 1.48. The van der Waals surface area contributed by atoms with Crippen molar-refractivity contribution in [2.75, 3.05) is 19.6 Å². The lowest BCUT2D eigenvalue weighted by molar-refractivity contribution is -0.137. The highest BCUT2D eigenvalue weighted by atomic mass is 16.4. The van der Waals surface area contributed by atoms with Gasteiger partial charge in [-0.25, -0.2) is 4.79 Å². The fourth-order valence-electron chi connectivity index (χ4n) is 1.99. The zero-order valence-corrected chi connectivity index (χ0v) is 12.1. The molecule has 5 heteroatoms. The molecule has 0 aliphatic heterocycles. The molecule has 0 fully saturated rings. The van der Waals surface area contributed by atoms with Gasteiger partial charge in [-0.2, -0.15) is 0 Å². The number of nitrogens with one attached hydrogen (secondary N) is 1. The van der Waals surface area contributed by atoms with Gasteiger partial charge in [-0.1, -0.05) is 31.2 Å². The van der Waals surface area contributed by atoms with Gasteiger partial charge >= 0.3 is 12.0 Å². The fraction of sp³-hybridized carbons (Fsp3) is 0.467. The van der Waals surface area contributed by atoms with E-state index < -0.39 is 5.97 Å². The molecule has 1 aromatic rings. The van der Waals surface area contributed by atoms with Crippen LogP contribution in [0.4, 0.5) is 4.79 Å². The van der Waals surface area contributed by atoms with Crippen LogP contribution >= 0.6 is 0 Å². The Morgan fingerprint density at radius 1 is 1.30 bits per heavy atom. The van der Waals surface area contributed by atoms with Crippen LogP contribution in [-0.2, 0) is 11.2 Å². The second-order valence-electron chi connectivity index (χ2n) is 4.72. The van der Waals surface area contributed by atoms with Gasteiger partial charge in [0.1, 0.15) is 6.54 Å². The molecule has 5 nitrogen and oxygen atoms in total. The normalized spacial score (nSPS) is 10.1. The third kappa shape index (κ3) is 5.30. The summed E-state index contributed by atoms with van der Waals surface area (Å²) in [5, 5.41) is 11.5. The first-order valence-electron chi connectivity index (χ1n) is 6.83. The molecule has 0 radical (unpaired) electrons. The molecule has 0 saturated heterocycles. The molecule has 0 atom stereocenters. The van der Waals surface area contributed by atoms with Gasteiger partial charge in [-0.3, -0.25) is 4.79 Å². The van der Waals surface area contributed by atoms with Gasteiger partial charge in [-0.15, -0.1) is 0 Å². The first-order valence-corrected chi connectivity index (χ1v) is 6.83. The number of aliphatic carboxylic acids is 1. The van der Waals surface area contributed by atoms with E-state index in [1.165, 1.54) is 16.0 Å². The maximum atomic E-state index is 11.9. The van der Waals surface area contributed by atoms with E-state index in [4.69, 9.17) is 5.11 Å². The summed E-state index contributed by atoms with van der Waals surface area (Å²) in [5.74, 6) is -0.993. The molecule has 110 valence electrons. The van der Waals surface area contributed by atoms with Crippen LogP contribution in [0.25, 0.3) is 0 Å². The Morgan fingerprint density at radius 3 is 2.60 bits per heavy atom. The molecular formula is C15H22N2O3. The maximum absolute atomic E-state index is 11.9. The number of hydrogen-bond acceptors (Lipinski definition) is 2. The molecule has 1 rings (SSSR count). The molecule has 0 aliphatic carbocycles. The van der Waals surface area contributed by atoms with Gasteiger partial charge in [0.15, 0.2) is 0 Å². The molecule has 0 aliphatic rings. The van der Waals surface area contributed by atoms with E-state index in [2.05, 4.69) is 5.32 Å². The van der Waals surface area contributed by atoms with E-state index in [1.807, 2.05) is 38.1 Å². The second kappa shape index (κ2) is 8.19. The number of amides is 2. The monoisotopic (exact) mass is 278 g/mol. The van der Waals surface area contributed by atoms with Crippen LogP contribution in [0.2, 0.25) is 0 Å². The second-order valence-corrected chi connectivity index (χ2v) is 4.72. The zero-order chi connectivity index (χ0) is 15.0. The lowest BCUT2D eigenvalue weighted by Crippen LogP contribution is -2.43. The van der Waals surface area contributed by atoms with Crippen molar-refractivity contribution < 1.29 is 14.7 Å². The summed E-state index contributed by atoms with van der Waals surface area (Å²) in [6, 6.07) is 7.70. The van der Waals surface area contributed by atoms with Gasteiger partial charge in [0.05, 0.1) is 0 Å². The zero-order valence-electron chi connectivity index (χ0n) is 12.1. The van der Waals surface area contributed by atoms with Crippen LogP contribution in [0, 0.1) is 6.92 Å². The van der Waals surface area contributed by atoms with Crippen molar-refractivity contribution in [1.29, 1.82) is 0 Å². The van der Waals surface area contributed by atoms with Gasteiger partial charge in [0, 0.05) is 13.1 Å². The Morgan fingerprint density at radius 2 is 2.00 bits per heavy atom. The van der Waals surface area contributed by atoms with E-state index >= 15 is 0 Å². The number of hydrogen-bond donors (Lipinski definition) is 2. The number of nitrogens with zero attached hydrogens (tertiary/aromatic N) is 1. The first kappa shape index (κ1) is 16.0. The molecule has 2 amide bonds. The number of benzene rings is 1. The van der Waals surface area contributed by atoms with Crippen molar-refractivity contribution in [3.8, 4) is 0 Å². The molecule has 0 saturated carbocycles. The molecule has 0 heterocycles. The number of urea groups is 1. The van der Waals surface area contributed by atoms with Gasteiger partial charge < -0.3 is 15.3 Å². The maximum Gasteiger partial charge on any atom is 0.323 e. The quantitative estimate of drug-likeness (QED) is 0.802. The highest BCUT2D eigenvalue weighted by molar-refractivity contribution is 5.80. The van der Waals surface area contributed by atoms with Crippen LogP contribution in [0.15, 0.2) is 24.3 Å². The summed E-state index contributed by atoms with van der Waals surface area (Å²) in [7, 11) is 0. The van der Waals surface area contributed by atoms with E-state index in [-0.39, 0.29) is 12.6 Å². The number of carbonyl (C=O) groups is 2. The lowest BCUT2D eigenvalue weighted by atomic mass is 10.1. The highest BCUT2D eigenvalue weighted by Crippen LogP contribution is 2.06. The first-order chi connectivity index (χ1) is 9.54. The average molecular weight is 278 g/mol.